The average Bonchev–Trinajstić information content (AvgIpc) is 3.43. The summed E-state index contributed by atoms with van der Waals surface area (Å²) in [5.74, 6) is -0.990. The zero-order valence-electron chi connectivity index (χ0n) is 16.3. The molecule has 1 saturated carbocycles. The number of hydrogen-bond acceptors (Lipinski definition) is 7. The molecule has 1 aromatic carbocycles. The number of fused-ring (bicyclic) bond motifs is 1. The Labute approximate surface area is 171 Å². The van der Waals surface area contributed by atoms with Gasteiger partial charge in [-0.25, -0.2) is 14.3 Å². The van der Waals surface area contributed by atoms with Crippen molar-refractivity contribution in [3.8, 4) is 0 Å². The van der Waals surface area contributed by atoms with E-state index in [1.54, 1.807) is 24.3 Å². The number of carbonyl (C=O) groups excluding carboxylic acids is 3. The molecule has 1 fully saturated rings. The molecular weight excluding hydrogens is 388 g/mol. The largest absolute Gasteiger partial charge is 0.452 e. The van der Waals surface area contributed by atoms with Crippen molar-refractivity contribution >= 4 is 29.2 Å². The number of carbonyl (C=O) groups is 3. The van der Waals surface area contributed by atoms with Gasteiger partial charge in [0.2, 0.25) is 0 Å². The van der Waals surface area contributed by atoms with Crippen LogP contribution >= 0.6 is 0 Å². The molecule has 2 aromatic heterocycles. The first-order chi connectivity index (χ1) is 14.5. The van der Waals surface area contributed by atoms with Crippen LogP contribution in [0.4, 0.5) is 5.69 Å². The summed E-state index contributed by atoms with van der Waals surface area (Å²) in [6.07, 6.45) is 5.21. The van der Waals surface area contributed by atoms with Gasteiger partial charge in [-0.1, -0.05) is 13.0 Å². The highest BCUT2D eigenvalue weighted by atomic mass is 16.5. The maximum absolute atomic E-state index is 12.4. The lowest BCUT2D eigenvalue weighted by atomic mass is 10.2. The van der Waals surface area contributed by atoms with Crippen LogP contribution in [-0.2, 0) is 16.0 Å². The number of aryl methyl sites for hydroxylation is 1. The Bertz CT molecular complexity index is 1120. The molecular formula is C20H20N6O4. The molecule has 1 aliphatic carbocycles. The van der Waals surface area contributed by atoms with Gasteiger partial charge in [-0.05, 0) is 37.5 Å². The molecule has 154 valence electrons. The number of esters is 1. The molecule has 1 aliphatic rings. The summed E-state index contributed by atoms with van der Waals surface area (Å²) in [5, 5.41) is 9.57. The van der Waals surface area contributed by atoms with Gasteiger partial charge in [0.15, 0.2) is 6.61 Å². The number of ether oxygens (including phenoxy) is 1. The molecule has 4 rings (SSSR count). The summed E-state index contributed by atoms with van der Waals surface area (Å²) in [7, 11) is 0. The van der Waals surface area contributed by atoms with Crippen LogP contribution in [0.1, 0.15) is 46.2 Å². The van der Waals surface area contributed by atoms with Crippen LogP contribution in [0, 0.1) is 0 Å². The molecule has 10 heteroatoms. The first-order valence-electron chi connectivity index (χ1n) is 9.60. The molecule has 0 unspecified atom stereocenters. The van der Waals surface area contributed by atoms with Gasteiger partial charge in [-0.15, -0.1) is 0 Å². The number of rotatable bonds is 7. The van der Waals surface area contributed by atoms with E-state index in [1.807, 2.05) is 6.92 Å². The second-order valence-corrected chi connectivity index (χ2v) is 6.90. The Balaban J connectivity index is 1.37. The molecule has 2 N–H and O–H groups in total. The minimum Gasteiger partial charge on any atom is -0.452 e. The Morgan fingerprint density at radius 2 is 2.07 bits per heavy atom. The summed E-state index contributed by atoms with van der Waals surface area (Å²) in [5.41, 5.74) is 1.72. The third-order valence-electron chi connectivity index (χ3n) is 4.62. The zero-order valence-corrected chi connectivity index (χ0v) is 16.3. The van der Waals surface area contributed by atoms with Gasteiger partial charge in [0.1, 0.15) is 6.33 Å². The van der Waals surface area contributed by atoms with Crippen LogP contribution < -0.4 is 10.6 Å². The Kier molecular flexibility index (Phi) is 5.38. The Hall–Kier alpha value is -3.82. The van der Waals surface area contributed by atoms with E-state index in [9.17, 15) is 14.4 Å². The maximum atomic E-state index is 12.4. The molecule has 10 nitrogen and oxygen atoms in total. The number of nitrogens with one attached hydrogen (secondary N) is 2. The molecule has 2 heterocycles. The van der Waals surface area contributed by atoms with E-state index in [-0.39, 0.29) is 17.5 Å². The zero-order chi connectivity index (χ0) is 21.1. The van der Waals surface area contributed by atoms with Crippen molar-refractivity contribution in [1.82, 2.24) is 24.9 Å². The van der Waals surface area contributed by atoms with Crippen molar-refractivity contribution in [3.63, 3.8) is 0 Å². The number of hydrogen-bond donors (Lipinski definition) is 2. The smallest absolute Gasteiger partial charge is 0.342 e. The van der Waals surface area contributed by atoms with Gasteiger partial charge in [-0.2, -0.15) is 10.1 Å². The minimum atomic E-state index is -0.676. The van der Waals surface area contributed by atoms with E-state index in [0.29, 0.717) is 29.1 Å². The molecule has 0 bridgehead atoms. The third kappa shape index (κ3) is 4.27. The third-order valence-corrected chi connectivity index (χ3v) is 4.62. The lowest BCUT2D eigenvalue weighted by molar-refractivity contribution is -0.119. The number of aromatic nitrogens is 4. The van der Waals surface area contributed by atoms with E-state index < -0.39 is 18.5 Å². The quantitative estimate of drug-likeness (QED) is 0.565. The number of anilines is 1. The molecule has 0 aliphatic heterocycles. The van der Waals surface area contributed by atoms with Gasteiger partial charge in [0.05, 0.1) is 11.3 Å². The minimum absolute atomic E-state index is 0.178. The SMILES string of the molecule is CCc1c(C(=O)OCC(=O)Nc2cccc(C(=O)NC3CC3)c2)cnc2ncnn12. The molecule has 2 amide bonds. The molecule has 0 saturated heterocycles. The van der Waals surface area contributed by atoms with E-state index in [4.69, 9.17) is 4.74 Å². The van der Waals surface area contributed by atoms with Crippen molar-refractivity contribution in [3.05, 3.63) is 53.6 Å². The first kappa shape index (κ1) is 19.5. The highest BCUT2D eigenvalue weighted by molar-refractivity contribution is 5.98. The fourth-order valence-corrected chi connectivity index (χ4v) is 2.98. The van der Waals surface area contributed by atoms with Crippen molar-refractivity contribution < 1.29 is 19.1 Å². The van der Waals surface area contributed by atoms with Gasteiger partial charge in [-0.3, -0.25) is 9.59 Å². The van der Waals surface area contributed by atoms with Crippen LogP contribution in [0.25, 0.3) is 5.78 Å². The van der Waals surface area contributed by atoms with Crippen LogP contribution in [-0.4, -0.2) is 50.0 Å². The molecule has 0 spiro atoms. The lowest BCUT2D eigenvalue weighted by Gasteiger charge is -2.10. The first-order valence-corrected chi connectivity index (χ1v) is 9.60. The van der Waals surface area contributed by atoms with Crippen molar-refractivity contribution in [2.75, 3.05) is 11.9 Å². The fraction of sp³-hybridized carbons (Fsp3) is 0.300. The average molecular weight is 408 g/mol. The van der Waals surface area contributed by atoms with E-state index in [2.05, 4.69) is 25.7 Å². The van der Waals surface area contributed by atoms with E-state index in [1.165, 1.54) is 17.0 Å². The summed E-state index contributed by atoms with van der Waals surface area (Å²) in [4.78, 5) is 44.8. The highest BCUT2D eigenvalue weighted by Gasteiger charge is 2.24. The number of nitrogens with zero attached hydrogens (tertiary/aromatic N) is 4. The predicted molar refractivity (Wildman–Crippen MR) is 106 cm³/mol. The lowest BCUT2D eigenvalue weighted by Crippen LogP contribution is -2.25. The maximum Gasteiger partial charge on any atom is 0.342 e. The van der Waals surface area contributed by atoms with E-state index in [0.717, 1.165) is 12.8 Å². The highest BCUT2D eigenvalue weighted by Crippen LogP contribution is 2.20. The molecule has 0 radical (unpaired) electrons. The van der Waals surface area contributed by atoms with E-state index >= 15 is 0 Å². The Morgan fingerprint density at radius 3 is 2.83 bits per heavy atom. The summed E-state index contributed by atoms with van der Waals surface area (Å²) >= 11 is 0. The number of benzene rings is 1. The summed E-state index contributed by atoms with van der Waals surface area (Å²) in [6.45, 7) is 1.39. The summed E-state index contributed by atoms with van der Waals surface area (Å²) in [6, 6.07) is 6.83. The van der Waals surface area contributed by atoms with Gasteiger partial charge >= 0.3 is 5.97 Å². The van der Waals surface area contributed by atoms with Gasteiger partial charge in [0.25, 0.3) is 17.6 Å². The standard InChI is InChI=1S/C20H20N6O4/c1-2-16-15(9-21-20-22-11-23-26(16)20)19(29)30-10-17(27)24-14-5-3-4-12(8-14)18(28)25-13-6-7-13/h3-5,8-9,11,13H,2,6-7,10H2,1H3,(H,24,27)(H,25,28). The number of amides is 2. The van der Waals surface area contributed by atoms with Crippen LogP contribution in [0.3, 0.4) is 0 Å². The molecule has 30 heavy (non-hydrogen) atoms. The summed E-state index contributed by atoms with van der Waals surface area (Å²) < 4.78 is 6.60. The van der Waals surface area contributed by atoms with Crippen LogP contribution in [0.15, 0.2) is 36.8 Å². The second-order valence-electron chi connectivity index (χ2n) is 6.90. The van der Waals surface area contributed by atoms with Crippen molar-refractivity contribution in [2.45, 2.75) is 32.2 Å². The van der Waals surface area contributed by atoms with Crippen LogP contribution in [0.2, 0.25) is 0 Å². The van der Waals surface area contributed by atoms with Crippen molar-refractivity contribution in [1.29, 1.82) is 0 Å². The second kappa shape index (κ2) is 8.27. The molecule has 3 aromatic rings. The normalized spacial score (nSPS) is 13.1. The van der Waals surface area contributed by atoms with Gasteiger partial charge in [0, 0.05) is 23.5 Å². The Morgan fingerprint density at radius 1 is 1.23 bits per heavy atom. The van der Waals surface area contributed by atoms with Crippen molar-refractivity contribution in [2.24, 2.45) is 0 Å². The molecule has 0 atom stereocenters. The van der Waals surface area contributed by atoms with Crippen LogP contribution in [0.5, 0.6) is 0 Å². The topological polar surface area (TPSA) is 128 Å². The monoisotopic (exact) mass is 408 g/mol. The predicted octanol–water partition coefficient (Wildman–Crippen LogP) is 1.37. The van der Waals surface area contributed by atoms with Gasteiger partial charge < -0.3 is 15.4 Å². The fourth-order valence-electron chi connectivity index (χ4n) is 2.98.